The number of alkyl halides is 1. The summed E-state index contributed by atoms with van der Waals surface area (Å²) in [5, 5.41) is 2.67. The number of methoxy groups -OCH3 is 3. The lowest BCUT2D eigenvalue weighted by molar-refractivity contribution is 0.0945. The summed E-state index contributed by atoms with van der Waals surface area (Å²) >= 11 is 6.00. The number of halogens is 1. The third kappa shape index (κ3) is 4.58. The van der Waals surface area contributed by atoms with E-state index in [2.05, 4.69) is 5.32 Å². The molecule has 0 radical (unpaired) electrons. The molecule has 0 bridgehead atoms. The number of hydrogen-bond acceptors (Lipinski definition) is 4. The minimum atomic E-state index is -0.249. The van der Waals surface area contributed by atoms with Crippen molar-refractivity contribution in [3.63, 3.8) is 0 Å². The van der Waals surface area contributed by atoms with Crippen LogP contribution in [0.4, 0.5) is 0 Å². The quantitative estimate of drug-likeness (QED) is 0.747. The monoisotopic (exact) mass is 301 g/mol. The fourth-order valence-corrected chi connectivity index (χ4v) is 2.00. The molecule has 112 valence electrons. The maximum atomic E-state index is 12.2. The van der Waals surface area contributed by atoms with E-state index in [4.69, 9.17) is 25.8 Å². The molecule has 1 aromatic carbocycles. The third-order valence-electron chi connectivity index (χ3n) is 2.75. The van der Waals surface area contributed by atoms with Crippen molar-refractivity contribution >= 4 is 17.5 Å². The van der Waals surface area contributed by atoms with Crippen molar-refractivity contribution in [3.8, 4) is 11.5 Å². The van der Waals surface area contributed by atoms with Gasteiger partial charge in [0.1, 0.15) is 17.1 Å². The molecule has 0 aliphatic carbocycles. The molecule has 20 heavy (non-hydrogen) atoms. The number of rotatable bonds is 8. The molecule has 1 amide bonds. The maximum Gasteiger partial charge on any atom is 0.258 e. The number of benzene rings is 1. The fraction of sp³-hybridized carbons (Fsp3) is 0.500. The first-order valence-electron chi connectivity index (χ1n) is 6.26. The van der Waals surface area contributed by atoms with Crippen LogP contribution in [-0.2, 0) is 4.74 Å². The van der Waals surface area contributed by atoms with Crippen LogP contribution in [0.5, 0.6) is 11.5 Å². The minimum Gasteiger partial charge on any atom is -0.496 e. The molecule has 1 atom stereocenters. The van der Waals surface area contributed by atoms with Crippen molar-refractivity contribution in [2.24, 2.45) is 0 Å². The number of amides is 1. The molecule has 1 unspecified atom stereocenters. The van der Waals surface area contributed by atoms with E-state index in [1.807, 2.05) is 0 Å². The second-order valence-electron chi connectivity index (χ2n) is 4.13. The van der Waals surface area contributed by atoms with E-state index in [0.717, 1.165) is 0 Å². The normalized spacial score (nSPS) is 11.8. The summed E-state index contributed by atoms with van der Waals surface area (Å²) < 4.78 is 15.3. The summed E-state index contributed by atoms with van der Waals surface area (Å²) in [5.41, 5.74) is 0.385. The molecule has 1 rings (SSSR count). The first kappa shape index (κ1) is 16.6. The molecule has 0 saturated carbocycles. The average molecular weight is 302 g/mol. The molecule has 0 fully saturated rings. The summed E-state index contributed by atoms with van der Waals surface area (Å²) in [6, 6.07) is 5.20. The van der Waals surface area contributed by atoms with Gasteiger partial charge in [-0.15, -0.1) is 11.6 Å². The molecule has 1 aromatic rings. The highest BCUT2D eigenvalue weighted by Crippen LogP contribution is 2.27. The second-order valence-corrected chi connectivity index (χ2v) is 4.75. The molecule has 0 aliphatic rings. The van der Waals surface area contributed by atoms with Crippen molar-refractivity contribution in [1.29, 1.82) is 0 Å². The molecular weight excluding hydrogens is 282 g/mol. The Morgan fingerprint density at radius 3 is 2.35 bits per heavy atom. The number of carbonyl (C=O) groups excluding carboxylic acids is 1. The van der Waals surface area contributed by atoms with Crippen LogP contribution in [0.1, 0.15) is 16.8 Å². The van der Waals surface area contributed by atoms with E-state index in [1.165, 1.54) is 14.2 Å². The lowest BCUT2D eigenvalue weighted by Gasteiger charge is -2.13. The van der Waals surface area contributed by atoms with Gasteiger partial charge in [0.25, 0.3) is 5.91 Å². The van der Waals surface area contributed by atoms with E-state index in [9.17, 15) is 4.79 Å². The van der Waals surface area contributed by atoms with Crippen LogP contribution in [0.15, 0.2) is 18.2 Å². The van der Waals surface area contributed by atoms with Crippen LogP contribution in [0.3, 0.4) is 0 Å². The van der Waals surface area contributed by atoms with E-state index in [1.54, 1.807) is 25.3 Å². The van der Waals surface area contributed by atoms with Crippen LogP contribution in [-0.4, -0.2) is 45.8 Å². The predicted molar refractivity (Wildman–Crippen MR) is 78.0 cm³/mol. The zero-order valence-corrected chi connectivity index (χ0v) is 12.7. The minimum absolute atomic E-state index is 0.125. The lowest BCUT2D eigenvalue weighted by Crippen LogP contribution is -2.27. The third-order valence-corrected chi connectivity index (χ3v) is 3.09. The van der Waals surface area contributed by atoms with Gasteiger partial charge in [-0.3, -0.25) is 4.79 Å². The van der Waals surface area contributed by atoms with E-state index < -0.39 is 0 Å². The number of nitrogens with one attached hydrogen (secondary N) is 1. The molecule has 0 spiro atoms. The van der Waals surface area contributed by atoms with E-state index >= 15 is 0 Å². The van der Waals surface area contributed by atoms with E-state index in [-0.39, 0.29) is 11.3 Å². The smallest absolute Gasteiger partial charge is 0.258 e. The molecule has 5 nitrogen and oxygen atoms in total. The lowest BCUT2D eigenvalue weighted by atomic mass is 10.1. The number of carbonyl (C=O) groups is 1. The fourth-order valence-electron chi connectivity index (χ4n) is 1.77. The van der Waals surface area contributed by atoms with Crippen LogP contribution in [0, 0.1) is 0 Å². The van der Waals surface area contributed by atoms with Crippen LogP contribution >= 0.6 is 11.6 Å². The summed E-state index contributed by atoms with van der Waals surface area (Å²) in [7, 11) is 4.62. The van der Waals surface area contributed by atoms with Gasteiger partial charge >= 0.3 is 0 Å². The Labute approximate surface area is 124 Å². The molecular formula is C14H20ClNO4. The predicted octanol–water partition coefficient (Wildman–Crippen LogP) is 2.08. The summed E-state index contributed by atoms with van der Waals surface area (Å²) in [5.74, 6) is 0.697. The van der Waals surface area contributed by atoms with Crippen molar-refractivity contribution in [1.82, 2.24) is 5.32 Å². The van der Waals surface area contributed by atoms with E-state index in [0.29, 0.717) is 36.6 Å². The van der Waals surface area contributed by atoms with Gasteiger partial charge < -0.3 is 19.5 Å². The summed E-state index contributed by atoms with van der Waals surface area (Å²) in [6.45, 7) is 0.910. The molecule has 1 N–H and O–H groups in total. The second kappa shape index (κ2) is 8.66. The van der Waals surface area contributed by atoms with Crippen LogP contribution < -0.4 is 14.8 Å². The van der Waals surface area contributed by atoms with Crippen molar-refractivity contribution in [3.05, 3.63) is 23.8 Å². The van der Waals surface area contributed by atoms with Gasteiger partial charge in [0.15, 0.2) is 0 Å². The molecule has 0 heterocycles. The van der Waals surface area contributed by atoms with Gasteiger partial charge in [0, 0.05) is 13.7 Å². The Balaban J connectivity index is 2.67. The number of hydrogen-bond donors (Lipinski definition) is 1. The average Bonchev–Trinajstić information content (AvgIpc) is 2.46. The number of ether oxygens (including phenoxy) is 3. The Morgan fingerprint density at radius 2 is 1.85 bits per heavy atom. The first-order valence-corrected chi connectivity index (χ1v) is 6.69. The SMILES string of the molecule is COCC(Cl)CCNC(=O)c1c(OC)cccc1OC. The van der Waals surface area contributed by atoms with Crippen molar-refractivity contribution in [2.75, 3.05) is 34.5 Å². The molecule has 0 aromatic heterocycles. The van der Waals surface area contributed by atoms with Crippen LogP contribution in [0.2, 0.25) is 0 Å². The van der Waals surface area contributed by atoms with Gasteiger partial charge in [0.05, 0.1) is 26.2 Å². The Morgan fingerprint density at radius 1 is 1.25 bits per heavy atom. The van der Waals surface area contributed by atoms with Gasteiger partial charge in [0.2, 0.25) is 0 Å². The molecule has 6 heteroatoms. The van der Waals surface area contributed by atoms with Gasteiger partial charge in [-0.25, -0.2) is 0 Å². The Bertz CT molecular complexity index is 417. The summed E-state index contributed by atoms with van der Waals surface area (Å²) in [4.78, 5) is 12.2. The first-order chi connectivity index (χ1) is 9.63. The zero-order valence-electron chi connectivity index (χ0n) is 11.9. The van der Waals surface area contributed by atoms with Crippen molar-refractivity contribution < 1.29 is 19.0 Å². The standard InChI is InChI=1S/C14H20ClNO4/c1-18-9-10(15)7-8-16-14(17)13-11(19-2)5-4-6-12(13)20-3/h4-6,10H,7-9H2,1-3H3,(H,16,17). The topological polar surface area (TPSA) is 56.8 Å². The van der Waals surface area contributed by atoms with Crippen molar-refractivity contribution in [2.45, 2.75) is 11.8 Å². The van der Waals surface area contributed by atoms with Gasteiger partial charge in [-0.2, -0.15) is 0 Å². The molecule has 0 aliphatic heterocycles. The zero-order chi connectivity index (χ0) is 15.0. The highest BCUT2D eigenvalue weighted by molar-refractivity contribution is 6.20. The molecule has 0 saturated heterocycles. The maximum absolute atomic E-state index is 12.2. The highest BCUT2D eigenvalue weighted by atomic mass is 35.5. The van der Waals surface area contributed by atoms with Gasteiger partial charge in [-0.05, 0) is 18.6 Å². The van der Waals surface area contributed by atoms with Gasteiger partial charge in [-0.1, -0.05) is 6.07 Å². The van der Waals surface area contributed by atoms with Crippen LogP contribution in [0.25, 0.3) is 0 Å². The Hall–Kier alpha value is -1.46. The summed E-state index contributed by atoms with van der Waals surface area (Å²) in [6.07, 6.45) is 0.624. The Kier molecular flexibility index (Phi) is 7.18. The largest absolute Gasteiger partial charge is 0.496 e. The highest BCUT2D eigenvalue weighted by Gasteiger charge is 2.17.